The molecular formula is C58H55N5. The van der Waals surface area contributed by atoms with Crippen LogP contribution in [-0.2, 0) is 26.2 Å². The Hall–Kier alpha value is -7.24. The molecule has 7 aromatic carbocycles. The van der Waals surface area contributed by atoms with Gasteiger partial charge in [0.2, 0.25) is 0 Å². The normalized spacial score (nSPS) is 14.9. The molecule has 1 aliphatic heterocycles. The monoisotopic (exact) mass is 821 g/mol. The number of hydrogen-bond donors (Lipinski definition) is 0. The summed E-state index contributed by atoms with van der Waals surface area (Å²) < 4.78 is 0. The van der Waals surface area contributed by atoms with Crippen molar-refractivity contribution in [3.63, 3.8) is 0 Å². The number of benzene rings is 7. The van der Waals surface area contributed by atoms with E-state index in [0.29, 0.717) is 0 Å². The van der Waals surface area contributed by atoms with E-state index in [2.05, 4.69) is 241 Å². The lowest BCUT2D eigenvalue weighted by Gasteiger charge is -2.29. The van der Waals surface area contributed by atoms with E-state index in [4.69, 9.17) is 10.1 Å². The zero-order valence-electron chi connectivity index (χ0n) is 36.3. The summed E-state index contributed by atoms with van der Waals surface area (Å²) in [5.41, 5.74) is 13.2. The number of rotatable bonds is 16. The van der Waals surface area contributed by atoms with Crippen molar-refractivity contribution in [2.24, 2.45) is 11.0 Å². The van der Waals surface area contributed by atoms with Crippen molar-refractivity contribution in [3.05, 3.63) is 245 Å². The molecule has 0 saturated carbocycles. The zero-order chi connectivity index (χ0) is 42.8. The molecule has 0 fully saturated rings. The number of anilines is 3. The Bertz CT molecular complexity index is 2670. The summed E-state index contributed by atoms with van der Waals surface area (Å²) in [5, 5.41) is 8.84. The van der Waals surface area contributed by atoms with E-state index in [1.807, 2.05) is 0 Å². The van der Waals surface area contributed by atoms with Crippen LogP contribution in [0, 0.1) is 12.8 Å². The largest absolute Gasteiger partial charge is 0.363 e. The summed E-state index contributed by atoms with van der Waals surface area (Å²) in [5.74, 6) is 1.04. The Kier molecular flexibility index (Phi) is 12.8. The summed E-state index contributed by atoms with van der Waals surface area (Å²) in [6.07, 6.45) is 6.52. The molecule has 0 bridgehead atoms. The molecule has 63 heavy (non-hydrogen) atoms. The Morgan fingerprint density at radius 3 is 1.48 bits per heavy atom. The van der Waals surface area contributed by atoms with Crippen LogP contribution in [0.2, 0.25) is 0 Å². The third-order valence-corrected chi connectivity index (χ3v) is 12.2. The molecule has 0 radical (unpaired) electrons. The van der Waals surface area contributed by atoms with Crippen molar-refractivity contribution in [1.29, 1.82) is 0 Å². The van der Waals surface area contributed by atoms with Gasteiger partial charge in [-0.05, 0) is 94.8 Å². The molecule has 5 heteroatoms. The van der Waals surface area contributed by atoms with Gasteiger partial charge in [-0.3, -0.25) is 0 Å². The topological polar surface area (TPSA) is 35.0 Å². The highest BCUT2D eigenvalue weighted by atomic mass is 15.5. The fourth-order valence-electron chi connectivity index (χ4n) is 8.94. The van der Waals surface area contributed by atoms with E-state index < -0.39 is 0 Å². The SMILES string of the molecule is CCCC1C(C=Cc2ccc(N(Cc3ccccc3)Cc3ccccc3)cc2)=NN(c2cc(C)c3ccccc3n2)C1c1ccc(N(Cc2ccccc2)Cc2ccccc2)cc1. The van der Waals surface area contributed by atoms with Gasteiger partial charge in [-0.2, -0.15) is 5.10 Å². The van der Waals surface area contributed by atoms with Crippen molar-refractivity contribution >= 4 is 39.9 Å². The lowest BCUT2D eigenvalue weighted by molar-refractivity contribution is 0.509. The van der Waals surface area contributed by atoms with Gasteiger partial charge in [0.15, 0.2) is 0 Å². The number of pyridine rings is 1. The standard InChI is InChI=1S/C58H55N5/c1-3-18-54-56(38-31-45-29-34-51(35-30-45)61(40-46-19-8-4-9-20-46)41-47-21-10-5-11-22-47)60-63(57-39-44(2)53-27-16-17-28-55(53)59-57)58(54)50-32-36-52(37-33-50)62(42-48-23-12-6-13-24-48)43-49-25-14-7-15-26-49/h4-17,19-39,54,58H,3,18,40-43H2,1-2H3. The van der Waals surface area contributed by atoms with Crippen LogP contribution < -0.4 is 14.8 Å². The number of aromatic nitrogens is 1. The molecule has 9 rings (SSSR count). The van der Waals surface area contributed by atoms with Crippen molar-refractivity contribution in [3.8, 4) is 0 Å². The second kappa shape index (κ2) is 19.6. The van der Waals surface area contributed by atoms with E-state index in [1.165, 1.54) is 50.1 Å². The maximum Gasteiger partial charge on any atom is 0.150 e. The van der Waals surface area contributed by atoms with Crippen molar-refractivity contribution < 1.29 is 0 Å². The van der Waals surface area contributed by atoms with Crippen LogP contribution in [0.4, 0.5) is 17.2 Å². The first-order valence-electron chi connectivity index (χ1n) is 22.4. The molecule has 1 aliphatic rings. The van der Waals surface area contributed by atoms with E-state index in [0.717, 1.165) is 61.6 Å². The summed E-state index contributed by atoms with van der Waals surface area (Å²) in [7, 11) is 0. The van der Waals surface area contributed by atoms with Gasteiger partial charge in [0.25, 0.3) is 0 Å². The predicted octanol–water partition coefficient (Wildman–Crippen LogP) is 14.0. The maximum absolute atomic E-state index is 5.47. The van der Waals surface area contributed by atoms with Crippen LogP contribution in [0.5, 0.6) is 0 Å². The number of allylic oxidation sites excluding steroid dienone is 1. The van der Waals surface area contributed by atoms with Gasteiger partial charge in [-0.15, -0.1) is 0 Å². The minimum atomic E-state index is -0.0182. The molecule has 2 unspecified atom stereocenters. The Morgan fingerprint density at radius 1 is 0.524 bits per heavy atom. The highest BCUT2D eigenvalue weighted by molar-refractivity contribution is 6.03. The van der Waals surface area contributed by atoms with Gasteiger partial charge in [-0.1, -0.05) is 183 Å². The molecule has 0 saturated heterocycles. The molecule has 0 aliphatic carbocycles. The van der Waals surface area contributed by atoms with Gasteiger partial charge in [0.1, 0.15) is 5.82 Å². The van der Waals surface area contributed by atoms with Crippen LogP contribution >= 0.6 is 0 Å². The predicted molar refractivity (Wildman–Crippen MR) is 265 cm³/mol. The molecule has 0 N–H and O–H groups in total. The first kappa shape index (κ1) is 41.1. The van der Waals surface area contributed by atoms with Gasteiger partial charge in [0.05, 0.1) is 17.3 Å². The average Bonchev–Trinajstić information content (AvgIpc) is 3.70. The van der Waals surface area contributed by atoms with Crippen LogP contribution in [0.3, 0.4) is 0 Å². The van der Waals surface area contributed by atoms with Crippen LogP contribution in [-0.4, -0.2) is 10.7 Å². The lowest BCUT2D eigenvalue weighted by atomic mass is 9.86. The molecular weight excluding hydrogens is 767 g/mol. The Morgan fingerprint density at radius 2 is 0.984 bits per heavy atom. The molecule has 2 atom stereocenters. The summed E-state index contributed by atoms with van der Waals surface area (Å²) in [6, 6.07) is 71.8. The second-order valence-corrected chi connectivity index (χ2v) is 16.7. The van der Waals surface area contributed by atoms with Crippen LogP contribution in [0.15, 0.2) is 211 Å². The molecule has 0 amide bonds. The molecule has 0 spiro atoms. The Labute approximate surface area is 373 Å². The summed E-state index contributed by atoms with van der Waals surface area (Å²) in [4.78, 5) is 10.2. The second-order valence-electron chi connectivity index (χ2n) is 16.7. The third-order valence-electron chi connectivity index (χ3n) is 12.2. The van der Waals surface area contributed by atoms with Gasteiger partial charge in [-0.25, -0.2) is 9.99 Å². The van der Waals surface area contributed by atoms with Gasteiger partial charge >= 0.3 is 0 Å². The molecule has 5 nitrogen and oxygen atoms in total. The highest BCUT2D eigenvalue weighted by Crippen LogP contribution is 2.42. The first-order valence-corrected chi connectivity index (χ1v) is 22.4. The molecule has 312 valence electrons. The van der Waals surface area contributed by atoms with Gasteiger partial charge < -0.3 is 9.80 Å². The first-order chi connectivity index (χ1) is 31.1. The van der Waals surface area contributed by atoms with E-state index in [9.17, 15) is 0 Å². The number of hydrazone groups is 1. The van der Waals surface area contributed by atoms with Crippen molar-refractivity contribution in [1.82, 2.24) is 4.98 Å². The average molecular weight is 822 g/mol. The highest BCUT2D eigenvalue weighted by Gasteiger charge is 2.38. The quantitative estimate of drug-likeness (QED) is 0.0972. The van der Waals surface area contributed by atoms with Crippen molar-refractivity contribution in [2.45, 2.75) is 58.9 Å². The molecule has 1 aromatic heterocycles. The number of nitrogens with zero attached hydrogens (tertiary/aromatic N) is 5. The number of fused-ring (bicyclic) bond motifs is 1. The van der Waals surface area contributed by atoms with E-state index in [-0.39, 0.29) is 12.0 Å². The molecule has 8 aromatic rings. The van der Waals surface area contributed by atoms with E-state index in [1.54, 1.807) is 0 Å². The third kappa shape index (κ3) is 9.95. The fraction of sp³-hybridized carbons (Fsp3) is 0.172. The minimum Gasteiger partial charge on any atom is -0.363 e. The minimum absolute atomic E-state index is 0.0182. The maximum atomic E-state index is 5.47. The van der Waals surface area contributed by atoms with E-state index >= 15 is 0 Å². The fourth-order valence-corrected chi connectivity index (χ4v) is 8.94. The number of para-hydroxylation sites is 1. The number of hydrogen-bond acceptors (Lipinski definition) is 5. The summed E-state index contributed by atoms with van der Waals surface area (Å²) >= 11 is 0. The van der Waals surface area contributed by atoms with Crippen molar-refractivity contribution in [2.75, 3.05) is 14.8 Å². The van der Waals surface area contributed by atoms with Crippen LogP contribution in [0.1, 0.15) is 64.8 Å². The van der Waals surface area contributed by atoms with Gasteiger partial charge in [0, 0.05) is 48.9 Å². The number of aryl methyl sites for hydroxylation is 1. The summed E-state index contributed by atoms with van der Waals surface area (Å²) in [6.45, 7) is 7.77. The lowest BCUT2D eigenvalue weighted by Crippen LogP contribution is -2.26. The Balaban J connectivity index is 1.03. The smallest absolute Gasteiger partial charge is 0.150 e. The van der Waals surface area contributed by atoms with Crippen LogP contribution in [0.25, 0.3) is 17.0 Å². The molecule has 2 heterocycles. The zero-order valence-corrected chi connectivity index (χ0v) is 36.3.